The van der Waals surface area contributed by atoms with Crippen LogP contribution in [0.25, 0.3) is 0 Å². The fraction of sp³-hybridized carbons (Fsp3) is 0.250. The van der Waals surface area contributed by atoms with E-state index in [0.717, 1.165) is 5.56 Å². The molecule has 0 saturated carbocycles. The number of anilines is 1. The molecule has 102 valence electrons. The molecule has 0 aliphatic carbocycles. The van der Waals surface area contributed by atoms with Crippen molar-refractivity contribution in [3.8, 4) is 0 Å². The summed E-state index contributed by atoms with van der Waals surface area (Å²) in [6.07, 6.45) is 0. The van der Waals surface area contributed by atoms with E-state index in [9.17, 15) is 8.42 Å². The molecule has 3 N–H and O–H groups in total. The van der Waals surface area contributed by atoms with Crippen molar-refractivity contribution >= 4 is 15.7 Å². The lowest BCUT2D eigenvalue weighted by Gasteiger charge is -2.06. The summed E-state index contributed by atoms with van der Waals surface area (Å²) >= 11 is 0. The largest absolute Gasteiger partial charge is 0.399 e. The van der Waals surface area contributed by atoms with E-state index in [0.29, 0.717) is 17.1 Å². The molecule has 0 aliphatic rings. The number of sulfonamides is 1. The fourth-order valence-corrected chi connectivity index (χ4v) is 2.65. The highest BCUT2D eigenvalue weighted by molar-refractivity contribution is 7.89. The predicted molar refractivity (Wildman–Crippen MR) is 70.9 cm³/mol. The number of hydrogen-bond donors (Lipinski definition) is 2. The van der Waals surface area contributed by atoms with Gasteiger partial charge in [0.05, 0.1) is 10.6 Å². The molecule has 0 unspecified atom stereocenters. The van der Waals surface area contributed by atoms with Crippen molar-refractivity contribution in [1.82, 2.24) is 9.88 Å². The van der Waals surface area contributed by atoms with Gasteiger partial charge in [-0.2, -0.15) is 0 Å². The van der Waals surface area contributed by atoms with E-state index in [-0.39, 0.29) is 11.4 Å². The minimum Gasteiger partial charge on any atom is -0.399 e. The fourth-order valence-electron chi connectivity index (χ4n) is 1.65. The highest BCUT2D eigenvalue weighted by Gasteiger charge is 2.16. The van der Waals surface area contributed by atoms with Crippen LogP contribution < -0.4 is 10.5 Å². The third-order valence-corrected chi connectivity index (χ3v) is 4.23. The van der Waals surface area contributed by atoms with Crippen LogP contribution in [0.4, 0.5) is 5.69 Å². The minimum absolute atomic E-state index is 0.147. The Morgan fingerprint density at radius 1 is 1.26 bits per heavy atom. The van der Waals surface area contributed by atoms with Crippen LogP contribution in [0, 0.1) is 13.8 Å². The van der Waals surface area contributed by atoms with Crippen molar-refractivity contribution in [2.75, 3.05) is 5.73 Å². The first kappa shape index (κ1) is 13.6. The summed E-state index contributed by atoms with van der Waals surface area (Å²) in [5.74, 6) is 0.609. The first-order valence-corrected chi connectivity index (χ1v) is 7.15. The lowest BCUT2D eigenvalue weighted by molar-refractivity contribution is 0.392. The van der Waals surface area contributed by atoms with Gasteiger partial charge in [-0.15, -0.1) is 0 Å². The van der Waals surface area contributed by atoms with Crippen LogP contribution in [0.2, 0.25) is 0 Å². The van der Waals surface area contributed by atoms with Gasteiger partial charge >= 0.3 is 0 Å². The summed E-state index contributed by atoms with van der Waals surface area (Å²) in [6.45, 7) is 3.66. The molecule has 0 fully saturated rings. The van der Waals surface area contributed by atoms with Crippen LogP contribution in [0.3, 0.4) is 0 Å². The normalized spacial score (nSPS) is 11.7. The summed E-state index contributed by atoms with van der Waals surface area (Å²) < 4.78 is 31.6. The molecule has 2 rings (SSSR count). The molecule has 0 aliphatic heterocycles. The number of nitrogens with zero attached hydrogens (tertiary/aromatic N) is 1. The monoisotopic (exact) mass is 281 g/mol. The third kappa shape index (κ3) is 2.94. The molecular formula is C12H15N3O3S. The van der Waals surface area contributed by atoms with E-state index in [1.807, 2.05) is 0 Å². The number of benzene rings is 1. The molecule has 0 radical (unpaired) electrons. The van der Waals surface area contributed by atoms with E-state index < -0.39 is 10.0 Å². The second kappa shape index (κ2) is 5.02. The van der Waals surface area contributed by atoms with Gasteiger partial charge in [-0.3, -0.25) is 0 Å². The average Bonchev–Trinajstić information content (AvgIpc) is 2.67. The maximum Gasteiger partial charge on any atom is 0.240 e. The van der Waals surface area contributed by atoms with Gasteiger partial charge in [0.25, 0.3) is 0 Å². The number of nitrogen functional groups attached to an aromatic ring is 1. The van der Waals surface area contributed by atoms with Crippen LogP contribution in [-0.4, -0.2) is 13.6 Å². The first-order chi connectivity index (χ1) is 8.90. The van der Waals surface area contributed by atoms with Gasteiger partial charge in [0.1, 0.15) is 5.76 Å². The summed E-state index contributed by atoms with van der Waals surface area (Å²) in [4.78, 5) is 0.175. The Kier molecular flexibility index (Phi) is 3.59. The second-order valence-electron chi connectivity index (χ2n) is 4.20. The number of hydrogen-bond acceptors (Lipinski definition) is 5. The van der Waals surface area contributed by atoms with Gasteiger partial charge < -0.3 is 10.3 Å². The van der Waals surface area contributed by atoms with Gasteiger partial charge in [-0.25, -0.2) is 13.1 Å². The van der Waals surface area contributed by atoms with E-state index in [2.05, 4.69) is 9.88 Å². The number of aryl methyl sites for hydroxylation is 2. The van der Waals surface area contributed by atoms with Crippen molar-refractivity contribution in [3.05, 3.63) is 41.3 Å². The maximum atomic E-state index is 12.1. The molecular weight excluding hydrogens is 266 g/mol. The van der Waals surface area contributed by atoms with Gasteiger partial charge in [0.2, 0.25) is 10.0 Å². The zero-order valence-corrected chi connectivity index (χ0v) is 11.5. The number of aromatic nitrogens is 1. The van der Waals surface area contributed by atoms with Gasteiger partial charge in [-0.1, -0.05) is 5.16 Å². The van der Waals surface area contributed by atoms with Crippen molar-refractivity contribution in [3.63, 3.8) is 0 Å². The Hall–Kier alpha value is -1.86. The lowest BCUT2D eigenvalue weighted by atomic mass is 10.2. The minimum atomic E-state index is -3.56. The van der Waals surface area contributed by atoms with Crippen molar-refractivity contribution in [1.29, 1.82) is 0 Å². The average molecular weight is 281 g/mol. The molecule has 0 amide bonds. The summed E-state index contributed by atoms with van der Waals surface area (Å²) in [7, 11) is -3.56. The summed E-state index contributed by atoms with van der Waals surface area (Å²) in [6, 6.07) is 6.02. The van der Waals surface area contributed by atoms with Crippen LogP contribution in [-0.2, 0) is 16.6 Å². The molecule has 2 aromatic rings. The zero-order chi connectivity index (χ0) is 14.0. The van der Waals surface area contributed by atoms with Gasteiger partial charge in [0.15, 0.2) is 0 Å². The van der Waals surface area contributed by atoms with E-state index in [1.165, 1.54) is 12.1 Å². The highest BCUT2D eigenvalue weighted by Crippen LogP contribution is 2.15. The zero-order valence-electron chi connectivity index (χ0n) is 10.7. The second-order valence-corrected chi connectivity index (χ2v) is 5.96. The number of nitrogens with two attached hydrogens (primary N) is 1. The molecule has 0 bridgehead atoms. The third-order valence-electron chi connectivity index (χ3n) is 2.81. The SMILES string of the molecule is Cc1noc(C)c1CNS(=O)(=O)c1ccc(N)cc1. The Balaban J connectivity index is 2.16. The van der Waals surface area contributed by atoms with Crippen LogP contribution in [0.5, 0.6) is 0 Å². The predicted octanol–water partition coefficient (Wildman–Crippen LogP) is 1.35. The Morgan fingerprint density at radius 3 is 2.42 bits per heavy atom. The molecule has 0 saturated heterocycles. The highest BCUT2D eigenvalue weighted by atomic mass is 32.2. The molecule has 6 nitrogen and oxygen atoms in total. The Bertz CT molecular complexity index is 655. The quantitative estimate of drug-likeness (QED) is 0.824. The Morgan fingerprint density at radius 2 is 1.89 bits per heavy atom. The van der Waals surface area contributed by atoms with Crippen LogP contribution >= 0.6 is 0 Å². The van der Waals surface area contributed by atoms with Crippen LogP contribution in [0.15, 0.2) is 33.7 Å². The maximum absolute atomic E-state index is 12.1. The number of rotatable bonds is 4. The van der Waals surface area contributed by atoms with Gasteiger partial charge in [-0.05, 0) is 38.1 Å². The Labute approximate surface area is 111 Å². The van der Waals surface area contributed by atoms with Crippen molar-refractivity contribution in [2.45, 2.75) is 25.3 Å². The van der Waals surface area contributed by atoms with Crippen LogP contribution in [0.1, 0.15) is 17.0 Å². The molecule has 0 atom stereocenters. The standard InChI is InChI=1S/C12H15N3O3S/c1-8-12(9(2)18-15-8)7-14-19(16,17)11-5-3-10(13)4-6-11/h3-6,14H,7,13H2,1-2H3. The molecule has 7 heteroatoms. The van der Waals surface area contributed by atoms with Gasteiger partial charge in [0, 0.05) is 17.8 Å². The molecule has 1 aromatic heterocycles. The summed E-state index contributed by atoms with van der Waals surface area (Å²) in [5.41, 5.74) is 7.47. The molecule has 19 heavy (non-hydrogen) atoms. The smallest absolute Gasteiger partial charge is 0.240 e. The van der Waals surface area contributed by atoms with Crippen molar-refractivity contribution < 1.29 is 12.9 Å². The van der Waals surface area contributed by atoms with Crippen molar-refractivity contribution in [2.24, 2.45) is 0 Å². The topological polar surface area (TPSA) is 98.2 Å². The van der Waals surface area contributed by atoms with E-state index in [4.69, 9.17) is 10.3 Å². The molecule has 1 heterocycles. The van der Waals surface area contributed by atoms with E-state index >= 15 is 0 Å². The number of nitrogens with one attached hydrogen (secondary N) is 1. The first-order valence-electron chi connectivity index (χ1n) is 5.67. The molecule has 0 spiro atoms. The lowest BCUT2D eigenvalue weighted by Crippen LogP contribution is -2.23. The summed E-state index contributed by atoms with van der Waals surface area (Å²) in [5, 5.41) is 3.77. The molecule has 1 aromatic carbocycles. The van der Waals surface area contributed by atoms with E-state index in [1.54, 1.807) is 26.0 Å².